The number of halogens is 1. The first-order valence-electron chi connectivity index (χ1n) is 7.31. The molecule has 24 heavy (non-hydrogen) atoms. The van der Waals surface area contributed by atoms with Gasteiger partial charge < -0.3 is 5.11 Å². The molecule has 0 aliphatic carbocycles. The second kappa shape index (κ2) is 6.41. The molecule has 2 heterocycles. The second-order valence-corrected chi connectivity index (χ2v) is 5.93. The highest BCUT2D eigenvalue weighted by Gasteiger charge is 2.15. The van der Waals surface area contributed by atoms with Crippen molar-refractivity contribution >= 4 is 34.7 Å². The van der Waals surface area contributed by atoms with Gasteiger partial charge in [-0.1, -0.05) is 17.7 Å². The van der Waals surface area contributed by atoms with Crippen molar-refractivity contribution in [2.75, 3.05) is 0 Å². The molecule has 0 radical (unpaired) electrons. The molecule has 0 aliphatic rings. The first kappa shape index (κ1) is 16.1. The molecule has 0 unspecified atom stereocenters. The molecule has 1 N–H and O–H groups in total. The molecular weight excluding hydrogens is 328 g/mol. The van der Waals surface area contributed by atoms with Crippen LogP contribution in [0.1, 0.15) is 16.8 Å². The lowest BCUT2D eigenvalue weighted by Crippen LogP contribution is -2.00. The van der Waals surface area contributed by atoms with Crippen molar-refractivity contribution in [1.82, 2.24) is 9.38 Å². The van der Waals surface area contributed by atoms with Crippen molar-refractivity contribution in [2.45, 2.75) is 20.3 Å². The summed E-state index contributed by atoms with van der Waals surface area (Å²) < 4.78 is 1.73. The summed E-state index contributed by atoms with van der Waals surface area (Å²) >= 11 is 6.09. The van der Waals surface area contributed by atoms with Crippen LogP contribution in [0.2, 0.25) is 5.02 Å². The molecule has 0 saturated carbocycles. The lowest BCUT2D eigenvalue weighted by molar-refractivity contribution is -0.136. The molecule has 0 saturated heterocycles. The molecule has 2 aromatic heterocycles. The number of carboxylic acid groups (broad SMARTS) is 1. The van der Waals surface area contributed by atoms with E-state index in [9.17, 15) is 4.79 Å². The molecule has 3 rings (SSSR count). The molecule has 122 valence electrons. The van der Waals surface area contributed by atoms with Crippen LogP contribution in [0.25, 0.3) is 5.65 Å². The lowest BCUT2D eigenvalue weighted by Gasteiger charge is -2.00. The zero-order chi connectivity index (χ0) is 17.3. The van der Waals surface area contributed by atoms with Gasteiger partial charge in [0.2, 0.25) is 0 Å². The largest absolute Gasteiger partial charge is 0.481 e. The summed E-state index contributed by atoms with van der Waals surface area (Å²) in [6.07, 6.45) is 1.59. The summed E-state index contributed by atoms with van der Waals surface area (Å²) in [6, 6.07) is 9.14. The Labute approximate surface area is 143 Å². The van der Waals surface area contributed by atoms with Crippen LogP contribution >= 0.6 is 11.6 Å². The van der Waals surface area contributed by atoms with Crippen LogP contribution in [0, 0.1) is 13.8 Å². The van der Waals surface area contributed by atoms with E-state index in [1.165, 1.54) is 0 Å². The zero-order valence-corrected chi connectivity index (χ0v) is 13.9. The smallest absolute Gasteiger partial charge is 0.309 e. The average Bonchev–Trinajstić information content (AvgIpc) is 2.84. The van der Waals surface area contributed by atoms with Crippen molar-refractivity contribution in [3.63, 3.8) is 0 Å². The first-order chi connectivity index (χ1) is 11.4. The minimum Gasteiger partial charge on any atom is -0.481 e. The number of imidazole rings is 1. The number of hydrogen-bond acceptors (Lipinski definition) is 4. The Morgan fingerprint density at radius 1 is 1.25 bits per heavy atom. The summed E-state index contributed by atoms with van der Waals surface area (Å²) in [7, 11) is 0. The van der Waals surface area contributed by atoms with E-state index in [0.29, 0.717) is 27.9 Å². The molecular formula is C17H15ClN4O2. The van der Waals surface area contributed by atoms with Crippen LogP contribution in [0.3, 0.4) is 0 Å². The highest BCUT2D eigenvalue weighted by molar-refractivity contribution is 6.31. The van der Waals surface area contributed by atoms with Gasteiger partial charge in [-0.05, 0) is 49.2 Å². The monoisotopic (exact) mass is 342 g/mol. The summed E-state index contributed by atoms with van der Waals surface area (Å²) in [6.45, 7) is 3.85. The maximum absolute atomic E-state index is 11.1. The highest BCUT2D eigenvalue weighted by Crippen LogP contribution is 2.27. The van der Waals surface area contributed by atoms with E-state index in [2.05, 4.69) is 15.2 Å². The number of rotatable bonds is 4. The van der Waals surface area contributed by atoms with E-state index in [4.69, 9.17) is 16.7 Å². The van der Waals surface area contributed by atoms with Gasteiger partial charge in [0.15, 0.2) is 5.82 Å². The molecule has 0 spiro atoms. The number of fused-ring (bicyclic) bond motifs is 1. The SMILES string of the molecule is Cc1ccn2c(N=Nc3ccc(C)c(Cl)c3)c(CC(=O)O)nc2c1. The number of carboxylic acids is 1. The molecule has 0 bridgehead atoms. The van der Waals surface area contributed by atoms with Crippen LogP contribution < -0.4 is 0 Å². The van der Waals surface area contributed by atoms with Crippen molar-refractivity contribution in [3.05, 3.63) is 58.4 Å². The normalized spacial score (nSPS) is 11.5. The fourth-order valence-corrected chi connectivity index (χ4v) is 2.47. The van der Waals surface area contributed by atoms with Gasteiger partial charge in [-0.3, -0.25) is 9.20 Å². The molecule has 0 fully saturated rings. The van der Waals surface area contributed by atoms with Crippen LogP contribution in [-0.2, 0) is 11.2 Å². The van der Waals surface area contributed by atoms with Crippen molar-refractivity contribution < 1.29 is 9.90 Å². The zero-order valence-electron chi connectivity index (χ0n) is 13.2. The Morgan fingerprint density at radius 3 is 2.75 bits per heavy atom. The maximum Gasteiger partial charge on any atom is 0.309 e. The van der Waals surface area contributed by atoms with Gasteiger partial charge in [0.1, 0.15) is 5.65 Å². The minimum atomic E-state index is -0.968. The van der Waals surface area contributed by atoms with Gasteiger partial charge >= 0.3 is 5.97 Å². The van der Waals surface area contributed by atoms with Gasteiger partial charge in [-0.25, -0.2) is 4.98 Å². The number of hydrogen-bond donors (Lipinski definition) is 1. The van der Waals surface area contributed by atoms with Gasteiger partial charge in [0.05, 0.1) is 17.8 Å². The first-order valence-corrected chi connectivity index (χ1v) is 7.69. The lowest BCUT2D eigenvalue weighted by atomic mass is 10.2. The number of nitrogens with zero attached hydrogens (tertiary/aromatic N) is 4. The minimum absolute atomic E-state index is 0.219. The number of benzene rings is 1. The van der Waals surface area contributed by atoms with Crippen LogP contribution in [-0.4, -0.2) is 20.5 Å². The summed E-state index contributed by atoms with van der Waals surface area (Å²) in [4.78, 5) is 15.4. The quantitative estimate of drug-likeness (QED) is 0.701. The van der Waals surface area contributed by atoms with Crippen molar-refractivity contribution in [3.8, 4) is 0 Å². The Kier molecular flexibility index (Phi) is 4.31. The van der Waals surface area contributed by atoms with E-state index in [-0.39, 0.29) is 6.42 Å². The Morgan fingerprint density at radius 2 is 2.04 bits per heavy atom. The van der Waals surface area contributed by atoms with Crippen LogP contribution in [0.4, 0.5) is 11.5 Å². The van der Waals surface area contributed by atoms with Gasteiger partial charge in [0, 0.05) is 11.2 Å². The molecule has 3 aromatic rings. The number of azo groups is 1. The second-order valence-electron chi connectivity index (χ2n) is 5.52. The van der Waals surface area contributed by atoms with E-state index < -0.39 is 5.97 Å². The van der Waals surface area contributed by atoms with Crippen LogP contribution in [0.5, 0.6) is 0 Å². The number of aliphatic carboxylic acids is 1. The number of aromatic nitrogens is 2. The van der Waals surface area contributed by atoms with Gasteiger partial charge in [-0.15, -0.1) is 10.2 Å². The standard InChI is InChI=1S/C17H15ClN4O2/c1-10-5-6-22-15(7-10)19-14(9-16(23)24)17(22)21-20-12-4-3-11(2)13(18)8-12/h3-8H,9H2,1-2H3,(H,23,24). The molecule has 0 atom stereocenters. The fourth-order valence-electron chi connectivity index (χ4n) is 2.30. The van der Waals surface area contributed by atoms with E-state index in [0.717, 1.165) is 11.1 Å². The molecule has 7 heteroatoms. The van der Waals surface area contributed by atoms with Crippen LogP contribution in [0.15, 0.2) is 46.8 Å². The third kappa shape index (κ3) is 3.28. The predicted molar refractivity (Wildman–Crippen MR) is 91.6 cm³/mol. The third-order valence-corrected chi connectivity index (χ3v) is 3.97. The molecule has 6 nitrogen and oxygen atoms in total. The third-order valence-electron chi connectivity index (χ3n) is 3.56. The average molecular weight is 343 g/mol. The molecule has 1 aromatic carbocycles. The molecule has 0 amide bonds. The maximum atomic E-state index is 11.1. The predicted octanol–water partition coefficient (Wildman–Crippen LogP) is 4.65. The fraction of sp³-hybridized carbons (Fsp3) is 0.176. The van der Waals surface area contributed by atoms with E-state index in [1.54, 1.807) is 22.7 Å². The summed E-state index contributed by atoms with van der Waals surface area (Å²) in [5.74, 6) is -0.561. The van der Waals surface area contributed by atoms with E-state index >= 15 is 0 Å². The summed E-state index contributed by atoms with van der Waals surface area (Å²) in [5.41, 5.74) is 3.58. The van der Waals surface area contributed by atoms with Crippen molar-refractivity contribution in [2.24, 2.45) is 10.2 Å². The number of carbonyl (C=O) groups is 1. The number of aryl methyl sites for hydroxylation is 2. The highest BCUT2D eigenvalue weighted by atomic mass is 35.5. The van der Waals surface area contributed by atoms with E-state index in [1.807, 2.05) is 32.0 Å². The topological polar surface area (TPSA) is 79.3 Å². The Bertz CT molecular complexity index is 963. The van der Waals surface area contributed by atoms with Gasteiger partial charge in [-0.2, -0.15) is 0 Å². The van der Waals surface area contributed by atoms with Gasteiger partial charge in [0.25, 0.3) is 0 Å². The Hall–Kier alpha value is -2.73. The Balaban J connectivity index is 2.07. The summed E-state index contributed by atoms with van der Waals surface area (Å²) in [5, 5.41) is 18.1. The molecule has 0 aliphatic heterocycles. The number of pyridine rings is 1. The van der Waals surface area contributed by atoms with Crippen molar-refractivity contribution in [1.29, 1.82) is 0 Å².